The van der Waals surface area contributed by atoms with Crippen LogP contribution in [0.15, 0.2) is 36.7 Å². The van der Waals surface area contributed by atoms with Crippen molar-refractivity contribution >= 4 is 61.4 Å². The summed E-state index contributed by atoms with van der Waals surface area (Å²) in [5, 5.41) is 17.1. The minimum Gasteiger partial charge on any atom is -0.480 e. The molecule has 0 unspecified atom stereocenters. The smallest absolute Gasteiger partial charge is 0.274 e. The number of hydrogen-bond donors (Lipinski definition) is 3. The van der Waals surface area contributed by atoms with E-state index >= 15 is 0 Å². The Bertz CT molecular complexity index is 1660. The van der Waals surface area contributed by atoms with Gasteiger partial charge in [0.25, 0.3) is 11.8 Å². The van der Waals surface area contributed by atoms with Crippen LogP contribution in [0.2, 0.25) is 10.0 Å². The molecule has 0 saturated heterocycles. The molecule has 0 atom stereocenters. The molecule has 0 fully saturated rings. The number of hydrogen-bond acceptors (Lipinski definition) is 8. The van der Waals surface area contributed by atoms with Gasteiger partial charge in [-0.25, -0.2) is 18.1 Å². The Kier molecular flexibility index (Phi) is 7.37. The summed E-state index contributed by atoms with van der Waals surface area (Å²) >= 11 is 12.8. The van der Waals surface area contributed by atoms with Crippen molar-refractivity contribution in [2.75, 3.05) is 24.4 Å². The lowest BCUT2D eigenvalue weighted by atomic mass is 10.0. The molecule has 3 aromatic heterocycles. The lowest BCUT2D eigenvalue weighted by Crippen LogP contribution is -2.48. The zero-order chi connectivity index (χ0) is 27.8. The summed E-state index contributed by atoms with van der Waals surface area (Å²) in [6.07, 6.45) is 4.03. The van der Waals surface area contributed by atoms with Crippen molar-refractivity contribution < 1.29 is 22.7 Å². The molecule has 1 aromatic carbocycles. The number of nitrogens with zero attached hydrogens (tertiary/aromatic N) is 4. The van der Waals surface area contributed by atoms with Gasteiger partial charge in [0.2, 0.25) is 5.88 Å². The van der Waals surface area contributed by atoms with Gasteiger partial charge >= 0.3 is 0 Å². The predicted octanol–water partition coefficient (Wildman–Crippen LogP) is 3.26. The SMILES string of the molecule is COc1cc(C(=O)Nc2c(Cl)cc3cn[nH]c3c2C(=O)NC(C)(C)CS(C)(=O)=O)n(-c2ncccc2Cl)n1. The summed E-state index contributed by atoms with van der Waals surface area (Å²) in [7, 11) is -2.03. The molecule has 200 valence electrons. The fourth-order valence-corrected chi connectivity index (χ4v) is 5.81. The fraction of sp³-hybridized carbons (Fsp3) is 0.261. The summed E-state index contributed by atoms with van der Waals surface area (Å²) < 4.78 is 30.2. The Balaban J connectivity index is 1.78. The number of nitrogens with one attached hydrogen (secondary N) is 3. The van der Waals surface area contributed by atoms with Crippen LogP contribution in [-0.2, 0) is 9.84 Å². The number of rotatable bonds is 8. The first kappa shape index (κ1) is 27.4. The van der Waals surface area contributed by atoms with Crippen LogP contribution in [0.3, 0.4) is 0 Å². The van der Waals surface area contributed by atoms with Crippen LogP contribution >= 0.6 is 23.2 Å². The molecule has 12 nitrogen and oxygen atoms in total. The van der Waals surface area contributed by atoms with Gasteiger partial charge in [-0.05, 0) is 32.0 Å². The van der Waals surface area contributed by atoms with Crippen LogP contribution in [0.4, 0.5) is 5.69 Å². The number of carbonyl (C=O) groups excluding carboxylic acids is 2. The van der Waals surface area contributed by atoms with Crippen LogP contribution in [0, 0.1) is 0 Å². The largest absolute Gasteiger partial charge is 0.480 e. The van der Waals surface area contributed by atoms with Crippen LogP contribution in [0.5, 0.6) is 5.88 Å². The Hall–Kier alpha value is -3.68. The van der Waals surface area contributed by atoms with E-state index in [1.807, 2.05) is 0 Å². The minimum absolute atomic E-state index is 0.00742. The molecule has 38 heavy (non-hydrogen) atoms. The fourth-order valence-electron chi connectivity index (χ4n) is 3.96. The summed E-state index contributed by atoms with van der Waals surface area (Å²) in [6.45, 7) is 3.14. The molecule has 2 amide bonds. The van der Waals surface area contributed by atoms with Crippen molar-refractivity contribution in [3.8, 4) is 11.7 Å². The lowest BCUT2D eigenvalue weighted by molar-refractivity contribution is 0.0923. The number of benzene rings is 1. The first-order chi connectivity index (χ1) is 17.8. The van der Waals surface area contributed by atoms with Gasteiger partial charge < -0.3 is 15.4 Å². The van der Waals surface area contributed by atoms with Crippen LogP contribution in [0.1, 0.15) is 34.7 Å². The van der Waals surface area contributed by atoms with Gasteiger partial charge in [0.05, 0.1) is 45.9 Å². The molecule has 0 aliphatic carbocycles. The molecule has 0 saturated carbocycles. The number of pyridine rings is 1. The van der Waals surface area contributed by atoms with E-state index in [0.717, 1.165) is 6.26 Å². The van der Waals surface area contributed by atoms with E-state index in [9.17, 15) is 18.0 Å². The second kappa shape index (κ2) is 10.2. The lowest BCUT2D eigenvalue weighted by Gasteiger charge is -2.26. The number of methoxy groups -OCH3 is 1. The van der Waals surface area contributed by atoms with Gasteiger partial charge in [-0.2, -0.15) is 5.10 Å². The number of carbonyl (C=O) groups is 2. The zero-order valence-corrected chi connectivity index (χ0v) is 23.0. The van der Waals surface area contributed by atoms with Crippen molar-refractivity contribution in [3.63, 3.8) is 0 Å². The van der Waals surface area contributed by atoms with E-state index in [4.69, 9.17) is 27.9 Å². The topological polar surface area (TPSA) is 161 Å². The maximum Gasteiger partial charge on any atom is 0.274 e. The molecule has 0 radical (unpaired) electrons. The van der Waals surface area contributed by atoms with E-state index in [0.29, 0.717) is 5.39 Å². The number of aromatic nitrogens is 5. The highest BCUT2D eigenvalue weighted by Gasteiger charge is 2.30. The number of halogens is 2. The number of anilines is 1. The number of aromatic amines is 1. The Morgan fingerprint density at radius 1 is 1.18 bits per heavy atom. The van der Waals surface area contributed by atoms with Crippen molar-refractivity contribution in [2.24, 2.45) is 0 Å². The summed E-state index contributed by atoms with van der Waals surface area (Å²) in [4.78, 5) is 31.2. The van der Waals surface area contributed by atoms with Gasteiger partial charge in [0, 0.05) is 29.4 Å². The molecular formula is C23H23Cl2N7O5S. The first-order valence-corrected chi connectivity index (χ1v) is 13.8. The van der Waals surface area contributed by atoms with Gasteiger partial charge in [-0.1, -0.05) is 23.2 Å². The Morgan fingerprint density at radius 3 is 2.58 bits per heavy atom. The van der Waals surface area contributed by atoms with Gasteiger partial charge in [0.1, 0.15) is 15.5 Å². The molecule has 0 spiro atoms. The van der Waals surface area contributed by atoms with Crippen LogP contribution in [0.25, 0.3) is 16.7 Å². The van der Waals surface area contributed by atoms with E-state index in [1.54, 1.807) is 26.0 Å². The second-order valence-electron chi connectivity index (χ2n) is 9.10. The molecule has 0 aliphatic heterocycles. The molecule has 4 rings (SSSR count). The van der Waals surface area contributed by atoms with Gasteiger partial charge in [-0.3, -0.25) is 14.7 Å². The van der Waals surface area contributed by atoms with E-state index in [2.05, 4.69) is 30.9 Å². The summed E-state index contributed by atoms with van der Waals surface area (Å²) in [5.74, 6) is -1.40. The average Bonchev–Trinajstić information content (AvgIpc) is 3.44. The monoisotopic (exact) mass is 579 g/mol. The summed E-state index contributed by atoms with van der Waals surface area (Å²) in [5.41, 5.74) is -0.917. The average molecular weight is 580 g/mol. The minimum atomic E-state index is -3.42. The standard InChI is InChI=1S/C23H23Cl2N7O5S/c1-23(2,11-38(4,35)36)29-22(34)17-18-12(10-27-30-18)8-14(25)19(17)28-21(33)15-9-16(37-3)31-32(15)20-13(24)6-5-7-26-20/h5-10H,11H2,1-4H3,(H,27,30)(H,28,33)(H,29,34). The second-order valence-corrected chi connectivity index (χ2v) is 12.1. The molecule has 3 N–H and O–H groups in total. The first-order valence-electron chi connectivity index (χ1n) is 11.0. The molecule has 0 bridgehead atoms. The van der Waals surface area contributed by atoms with E-state index in [-0.39, 0.29) is 50.0 Å². The molecule has 4 aromatic rings. The zero-order valence-electron chi connectivity index (χ0n) is 20.7. The maximum absolute atomic E-state index is 13.5. The quantitative estimate of drug-likeness (QED) is 0.286. The third-order valence-corrected chi connectivity index (χ3v) is 7.14. The highest BCUT2D eigenvalue weighted by atomic mass is 35.5. The third kappa shape index (κ3) is 5.74. The van der Waals surface area contributed by atoms with Crippen molar-refractivity contribution in [1.82, 2.24) is 30.3 Å². The maximum atomic E-state index is 13.5. The number of ether oxygens (including phenoxy) is 1. The molecular weight excluding hydrogens is 557 g/mol. The van der Waals surface area contributed by atoms with Gasteiger partial charge in [0.15, 0.2) is 5.82 Å². The Morgan fingerprint density at radius 2 is 1.92 bits per heavy atom. The van der Waals surface area contributed by atoms with Crippen molar-refractivity contribution in [2.45, 2.75) is 19.4 Å². The van der Waals surface area contributed by atoms with Crippen LogP contribution < -0.4 is 15.4 Å². The Labute approximate surface area is 227 Å². The van der Waals surface area contributed by atoms with Crippen molar-refractivity contribution in [1.29, 1.82) is 0 Å². The van der Waals surface area contributed by atoms with E-state index in [1.165, 1.54) is 36.3 Å². The summed E-state index contributed by atoms with van der Waals surface area (Å²) in [6, 6.07) is 6.12. The molecule has 15 heteroatoms. The molecule has 0 aliphatic rings. The molecule has 3 heterocycles. The number of sulfone groups is 1. The highest BCUT2D eigenvalue weighted by Crippen LogP contribution is 2.34. The van der Waals surface area contributed by atoms with Gasteiger partial charge in [-0.15, -0.1) is 5.10 Å². The van der Waals surface area contributed by atoms with E-state index < -0.39 is 27.2 Å². The van der Waals surface area contributed by atoms with Crippen LogP contribution in [-0.4, -0.2) is 69.9 Å². The highest BCUT2D eigenvalue weighted by molar-refractivity contribution is 7.90. The predicted molar refractivity (Wildman–Crippen MR) is 143 cm³/mol. The normalized spacial score (nSPS) is 11.9. The number of amides is 2. The van der Waals surface area contributed by atoms with Crippen molar-refractivity contribution in [3.05, 3.63) is 58.0 Å². The number of fused-ring (bicyclic) bond motifs is 1. The third-order valence-electron chi connectivity index (χ3n) is 5.30. The number of H-pyrrole nitrogens is 1.